The van der Waals surface area contributed by atoms with E-state index < -0.39 is 0 Å². The summed E-state index contributed by atoms with van der Waals surface area (Å²) in [4.78, 5) is 14.7. The van der Waals surface area contributed by atoms with Crippen molar-refractivity contribution < 1.29 is 14.3 Å². The van der Waals surface area contributed by atoms with Gasteiger partial charge < -0.3 is 14.4 Å². The summed E-state index contributed by atoms with van der Waals surface area (Å²) in [6, 6.07) is 14.2. The van der Waals surface area contributed by atoms with Gasteiger partial charge in [0.2, 0.25) is 0 Å². The Bertz CT molecular complexity index is 783. The number of likely N-dealkylation sites (tertiary alicyclic amines) is 1. The van der Waals surface area contributed by atoms with Gasteiger partial charge in [0, 0.05) is 6.54 Å². The predicted molar refractivity (Wildman–Crippen MR) is 107 cm³/mol. The Morgan fingerprint density at radius 3 is 2.48 bits per heavy atom. The van der Waals surface area contributed by atoms with Gasteiger partial charge in [0.15, 0.2) is 6.61 Å². The monoisotopic (exact) mass is 367 g/mol. The Hall–Kier alpha value is -2.49. The lowest BCUT2D eigenvalue weighted by Gasteiger charge is -2.25. The average Bonchev–Trinajstić information content (AvgIpc) is 3.16. The Morgan fingerprint density at radius 1 is 1.15 bits per heavy atom. The number of rotatable bonds is 6. The minimum absolute atomic E-state index is 0.0407. The van der Waals surface area contributed by atoms with E-state index in [0.717, 1.165) is 36.4 Å². The average molecular weight is 367 g/mol. The molecule has 3 rings (SSSR count). The molecule has 1 fully saturated rings. The number of carbonyl (C=O) groups is 1. The highest BCUT2D eigenvalue weighted by Gasteiger charge is 2.30. The number of nitrogens with zero attached hydrogens (tertiary/aromatic N) is 1. The van der Waals surface area contributed by atoms with E-state index in [1.165, 1.54) is 11.1 Å². The van der Waals surface area contributed by atoms with Gasteiger partial charge >= 0.3 is 0 Å². The third-order valence-corrected chi connectivity index (χ3v) is 5.30. The Balaban J connectivity index is 1.63. The van der Waals surface area contributed by atoms with Crippen LogP contribution in [0.3, 0.4) is 0 Å². The Morgan fingerprint density at radius 2 is 1.85 bits per heavy atom. The first kappa shape index (κ1) is 19.3. The third-order valence-electron chi connectivity index (χ3n) is 5.30. The Kier molecular flexibility index (Phi) is 6.04. The summed E-state index contributed by atoms with van der Waals surface area (Å²) >= 11 is 0. The Labute approximate surface area is 162 Å². The van der Waals surface area contributed by atoms with E-state index in [4.69, 9.17) is 9.47 Å². The molecule has 1 aliphatic heterocycles. The van der Waals surface area contributed by atoms with E-state index in [-0.39, 0.29) is 18.6 Å². The summed E-state index contributed by atoms with van der Waals surface area (Å²) in [7, 11) is 1.66. The summed E-state index contributed by atoms with van der Waals surface area (Å²) in [5, 5.41) is 0. The summed E-state index contributed by atoms with van der Waals surface area (Å²) in [5.41, 5.74) is 3.67. The van der Waals surface area contributed by atoms with Crippen molar-refractivity contribution in [3.8, 4) is 11.5 Å². The lowest BCUT2D eigenvalue weighted by Crippen LogP contribution is -2.34. The van der Waals surface area contributed by atoms with Crippen LogP contribution in [0.2, 0.25) is 0 Å². The van der Waals surface area contributed by atoms with Gasteiger partial charge in [-0.2, -0.15) is 0 Å². The number of benzene rings is 2. The maximum absolute atomic E-state index is 12.8. The van der Waals surface area contributed by atoms with Crippen LogP contribution in [0.5, 0.6) is 11.5 Å². The molecule has 0 bridgehead atoms. The van der Waals surface area contributed by atoms with Crippen molar-refractivity contribution >= 4 is 5.91 Å². The number of carbonyl (C=O) groups excluding carboxylic acids is 1. The molecule has 4 nitrogen and oxygen atoms in total. The van der Waals surface area contributed by atoms with E-state index in [0.29, 0.717) is 5.92 Å². The zero-order valence-electron chi connectivity index (χ0n) is 16.7. The summed E-state index contributed by atoms with van der Waals surface area (Å²) in [6.07, 6.45) is 2.00. The molecule has 0 N–H and O–H groups in total. The molecular formula is C23H29NO3. The number of aryl methyl sites for hydroxylation is 1. The topological polar surface area (TPSA) is 38.8 Å². The number of methoxy groups -OCH3 is 1. The van der Waals surface area contributed by atoms with E-state index >= 15 is 0 Å². The zero-order chi connectivity index (χ0) is 19.4. The van der Waals surface area contributed by atoms with Crippen LogP contribution in [-0.2, 0) is 4.79 Å². The number of ether oxygens (including phenoxy) is 2. The minimum atomic E-state index is 0.0407. The number of amides is 1. The summed E-state index contributed by atoms with van der Waals surface area (Å²) < 4.78 is 11.0. The fourth-order valence-corrected chi connectivity index (χ4v) is 3.85. The standard InChI is InChI=1S/C23H29NO3/c1-16(2)21-12-11-20(14-17(21)3)27-15-23(25)24-13-5-6-22(24)18-7-9-19(26-4)10-8-18/h7-12,14,16,22H,5-6,13,15H2,1-4H3/t22-/m1/s1. The predicted octanol–water partition coefficient (Wildman–Crippen LogP) is 4.87. The van der Waals surface area contributed by atoms with Crippen LogP contribution in [0.1, 0.15) is 55.3 Å². The quantitative estimate of drug-likeness (QED) is 0.731. The SMILES string of the molecule is COc1ccc([C@H]2CCCN2C(=O)COc2ccc(C(C)C)c(C)c2)cc1. The summed E-state index contributed by atoms with van der Waals surface area (Å²) in [6.45, 7) is 7.31. The maximum Gasteiger partial charge on any atom is 0.261 e. The second-order valence-electron chi connectivity index (χ2n) is 7.48. The zero-order valence-corrected chi connectivity index (χ0v) is 16.7. The molecule has 2 aromatic rings. The molecule has 27 heavy (non-hydrogen) atoms. The van der Waals surface area contributed by atoms with Gasteiger partial charge in [-0.1, -0.05) is 32.0 Å². The van der Waals surface area contributed by atoms with Crippen LogP contribution in [-0.4, -0.2) is 31.1 Å². The molecule has 1 aliphatic rings. The molecule has 4 heteroatoms. The van der Waals surface area contributed by atoms with Crippen molar-refractivity contribution in [2.24, 2.45) is 0 Å². The molecule has 0 aromatic heterocycles. The van der Waals surface area contributed by atoms with E-state index in [9.17, 15) is 4.79 Å². The molecule has 0 spiro atoms. The number of hydrogen-bond acceptors (Lipinski definition) is 3. The van der Waals surface area contributed by atoms with E-state index in [1.54, 1.807) is 7.11 Å². The van der Waals surface area contributed by atoms with Crippen LogP contribution in [0.15, 0.2) is 42.5 Å². The molecule has 0 unspecified atom stereocenters. The van der Waals surface area contributed by atoms with Gasteiger partial charge in [-0.05, 0) is 66.6 Å². The highest BCUT2D eigenvalue weighted by atomic mass is 16.5. The molecule has 0 saturated carbocycles. The first-order chi connectivity index (χ1) is 13.0. The van der Waals surface area contributed by atoms with E-state index in [1.807, 2.05) is 41.3 Å². The van der Waals surface area contributed by atoms with Gasteiger partial charge in [-0.3, -0.25) is 4.79 Å². The highest BCUT2D eigenvalue weighted by Crippen LogP contribution is 2.33. The van der Waals surface area contributed by atoms with Gasteiger partial charge in [0.1, 0.15) is 11.5 Å². The van der Waals surface area contributed by atoms with Crippen molar-refractivity contribution in [1.29, 1.82) is 0 Å². The fourth-order valence-electron chi connectivity index (χ4n) is 3.85. The lowest BCUT2D eigenvalue weighted by molar-refractivity contribution is -0.134. The number of hydrogen-bond donors (Lipinski definition) is 0. The molecule has 1 saturated heterocycles. The molecule has 0 aliphatic carbocycles. The fraction of sp³-hybridized carbons (Fsp3) is 0.435. The molecule has 1 amide bonds. The molecule has 144 valence electrons. The molecule has 1 heterocycles. The van der Waals surface area contributed by atoms with Crippen molar-refractivity contribution in [3.05, 3.63) is 59.2 Å². The molecular weight excluding hydrogens is 338 g/mol. The normalized spacial score (nSPS) is 16.6. The molecule has 1 atom stereocenters. The summed E-state index contributed by atoms with van der Waals surface area (Å²) in [5.74, 6) is 2.11. The molecule has 0 radical (unpaired) electrons. The van der Waals surface area contributed by atoms with E-state index in [2.05, 4.69) is 26.8 Å². The first-order valence-electron chi connectivity index (χ1n) is 9.66. The maximum atomic E-state index is 12.8. The lowest BCUT2D eigenvalue weighted by atomic mass is 9.98. The smallest absolute Gasteiger partial charge is 0.261 e. The first-order valence-corrected chi connectivity index (χ1v) is 9.66. The van der Waals surface area contributed by atoms with Crippen LogP contribution in [0.25, 0.3) is 0 Å². The van der Waals surface area contributed by atoms with Gasteiger partial charge in [-0.15, -0.1) is 0 Å². The van der Waals surface area contributed by atoms with Crippen LogP contribution >= 0.6 is 0 Å². The van der Waals surface area contributed by atoms with Gasteiger partial charge in [0.05, 0.1) is 13.2 Å². The van der Waals surface area contributed by atoms with Gasteiger partial charge in [-0.25, -0.2) is 0 Å². The van der Waals surface area contributed by atoms with Crippen molar-refractivity contribution in [2.75, 3.05) is 20.3 Å². The highest BCUT2D eigenvalue weighted by molar-refractivity contribution is 5.78. The van der Waals surface area contributed by atoms with Gasteiger partial charge in [0.25, 0.3) is 5.91 Å². The van der Waals surface area contributed by atoms with Crippen LogP contribution in [0.4, 0.5) is 0 Å². The van der Waals surface area contributed by atoms with Crippen molar-refractivity contribution in [2.45, 2.75) is 45.6 Å². The van der Waals surface area contributed by atoms with Crippen LogP contribution in [0, 0.1) is 6.92 Å². The second kappa shape index (κ2) is 8.47. The third kappa shape index (κ3) is 4.44. The second-order valence-corrected chi connectivity index (χ2v) is 7.48. The van der Waals surface area contributed by atoms with Crippen LogP contribution < -0.4 is 9.47 Å². The molecule has 2 aromatic carbocycles. The largest absolute Gasteiger partial charge is 0.497 e. The van der Waals surface area contributed by atoms with Crippen molar-refractivity contribution in [3.63, 3.8) is 0 Å². The van der Waals surface area contributed by atoms with Crippen molar-refractivity contribution in [1.82, 2.24) is 4.90 Å². The minimum Gasteiger partial charge on any atom is -0.497 e.